The number of piperazine rings is 1. The number of aryl methyl sites for hydroxylation is 1. The summed E-state index contributed by atoms with van der Waals surface area (Å²) in [5.41, 5.74) is 2.44. The van der Waals surface area contributed by atoms with E-state index in [4.69, 9.17) is 0 Å². The third kappa shape index (κ3) is 2.29. The van der Waals surface area contributed by atoms with Crippen molar-refractivity contribution in [3.8, 4) is 0 Å². The molecule has 0 saturated carbocycles. The van der Waals surface area contributed by atoms with Gasteiger partial charge in [-0.3, -0.25) is 4.98 Å². The first-order valence-corrected chi connectivity index (χ1v) is 5.70. The minimum absolute atomic E-state index is 1.13. The van der Waals surface area contributed by atoms with Gasteiger partial charge in [-0.2, -0.15) is 0 Å². The molecule has 0 spiro atoms. The fourth-order valence-electron chi connectivity index (χ4n) is 2.11. The lowest BCUT2D eigenvalue weighted by Crippen LogP contribution is -2.46. The van der Waals surface area contributed by atoms with Crippen LogP contribution in [-0.4, -0.2) is 42.6 Å². The second kappa shape index (κ2) is 4.62. The summed E-state index contributed by atoms with van der Waals surface area (Å²) < 4.78 is 0. The first-order chi connectivity index (χ1) is 7.31. The van der Waals surface area contributed by atoms with Crippen molar-refractivity contribution >= 4 is 5.69 Å². The van der Waals surface area contributed by atoms with Crippen LogP contribution >= 0.6 is 0 Å². The Morgan fingerprint density at radius 1 is 1.27 bits per heavy atom. The van der Waals surface area contributed by atoms with Gasteiger partial charge >= 0.3 is 0 Å². The van der Waals surface area contributed by atoms with Crippen molar-refractivity contribution in [1.82, 2.24) is 9.88 Å². The van der Waals surface area contributed by atoms with Crippen molar-refractivity contribution < 1.29 is 0 Å². The van der Waals surface area contributed by atoms with Crippen molar-refractivity contribution in [2.24, 2.45) is 0 Å². The molecular formula is C12H19N3. The molecule has 0 atom stereocenters. The van der Waals surface area contributed by atoms with E-state index >= 15 is 0 Å². The molecule has 0 unspecified atom stereocenters. The number of aromatic nitrogens is 1. The number of nitrogens with zero attached hydrogens (tertiary/aromatic N) is 3. The van der Waals surface area contributed by atoms with E-state index in [1.165, 1.54) is 25.3 Å². The summed E-state index contributed by atoms with van der Waals surface area (Å²) in [5, 5.41) is 0. The summed E-state index contributed by atoms with van der Waals surface area (Å²) in [5.74, 6) is 0. The third-order valence-corrected chi connectivity index (χ3v) is 3.14. The van der Waals surface area contributed by atoms with E-state index in [2.05, 4.69) is 34.7 Å². The van der Waals surface area contributed by atoms with Crippen LogP contribution in [0.25, 0.3) is 0 Å². The zero-order valence-electron chi connectivity index (χ0n) is 9.61. The molecule has 0 bridgehead atoms. The summed E-state index contributed by atoms with van der Waals surface area (Å²) >= 11 is 0. The number of anilines is 1. The number of likely N-dealkylation sites (N-methyl/N-ethyl adjacent to an activating group) is 1. The first kappa shape index (κ1) is 10.4. The number of hydrogen-bond donors (Lipinski definition) is 0. The van der Waals surface area contributed by atoms with E-state index in [-0.39, 0.29) is 0 Å². The van der Waals surface area contributed by atoms with Crippen LogP contribution < -0.4 is 4.90 Å². The quantitative estimate of drug-likeness (QED) is 0.730. The Bertz CT molecular complexity index is 316. The van der Waals surface area contributed by atoms with Crippen LogP contribution in [0.4, 0.5) is 5.69 Å². The van der Waals surface area contributed by atoms with Crippen molar-refractivity contribution in [1.29, 1.82) is 0 Å². The third-order valence-electron chi connectivity index (χ3n) is 3.14. The topological polar surface area (TPSA) is 19.4 Å². The van der Waals surface area contributed by atoms with Crippen LogP contribution in [0.1, 0.15) is 12.6 Å². The zero-order valence-corrected chi connectivity index (χ0v) is 9.61. The number of hydrogen-bond acceptors (Lipinski definition) is 3. The van der Waals surface area contributed by atoms with Crippen LogP contribution in [0.2, 0.25) is 0 Å². The molecular weight excluding hydrogens is 186 g/mol. The summed E-state index contributed by atoms with van der Waals surface area (Å²) in [6.07, 6.45) is 1.86. The summed E-state index contributed by atoms with van der Waals surface area (Å²) in [6.45, 7) is 10.1. The zero-order chi connectivity index (χ0) is 10.7. The second-order valence-electron chi connectivity index (χ2n) is 4.03. The normalized spacial score (nSPS) is 18.1. The van der Waals surface area contributed by atoms with Gasteiger partial charge in [0.1, 0.15) is 0 Å². The van der Waals surface area contributed by atoms with Gasteiger partial charge in [-0.15, -0.1) is 0 Å². The van der Waals surface area contributed by atoms with Crippen LogP contribution in [0.15, 0.2) is 18.3 Å². The van der Waals surface area contributed by atoms with E-state index in [0.29, 0.717) is 0 Å². The Morgan fingerprint density at radius 2 is 2.00 bits per heavy atom. The highest BCUT2D eigenvalue weighted by atomic mass is 15.3. The fourth-order valence-corrected chi connectivity index (χ4v) is 2.11. The van der Waals surface area contributed by atoms with Crippen molar-refractivity contribution in [3.63, 3.8) is 0 Å². The maximum absolute atomic E-state index is 4.34. The van der Waals surface area contributed by atoms with Crippen LogP contribution in [0.3, 0.4) is 0 Å². The molecule has 1 fully saturated rings. The molecule has 3 nitrogen and oxygen atoms in total. The van der Waals surface area contributed by atoms with Crippen molar-refractivity contribution in [3.05, 3.63) is 24.0 Å². The summed E-state index contributed by atoms with van der Waals surface area (Å²) in [6, 6.07) is 4.19. The number of pyridine rings is 1. The Labute approximate surface area is 91.7 Å². The molecule has 1 aliphatic rings. The summed E-state index contributed by atoms with van der Waals surface area (Å²) in [7, 11) is 0. The molecule has 0 radical (unpaired) electrons. The molecule has 2 heterocycles. The van der Waals surface area contributed by atoms with Crippen molar-refractivity contribution in [2.45, 2.75) is 13.8 Å². The highest BCUT2D eigenvalue weighted by Gasteiger charge is 2.16. The van der Waals surface area contributed by atoms with E-state index < -0.39 is 0 Å². The Morgan fingerprint density at radius 3 is 2.60 bits per heavy atom. The number of rotatable bonds is 2. The Hall–Kier alpha value is -1.09. The predicted molar refractivity (Wildman–Crippen MR) is 63.3 cm³/mol. The molecule has 1 saturated heterocycles. The highest BCUT2D eigenvalue weighted by Crippen LogP contribution is 2.18. The first-order valence-electron chi connectivity index (χ1n) is 5.70. The van der Waals surface area contributed by atoms with Crippen LogP contribution in [0, 0.1) is 6.92 Å². The van der Waals surface area contributed by atoms with Crippen LogP contribution in [-0.2, 0) is 0 Å². The predicted octanol–water partition coefficient (Wildman–Crippen LogP) is 1.53. The molecule has 0 aromatic carbocycles. The molecule has 1 aromatic heterocycles. The smallest absolute Gasteiger partial charge is 0.0605 e. The molecule has 3 heteroatoms. The second-order valence-corrected chi connectivity index (χ2v) is 4.03. The highest BCUT2D eigenvalue weighted by molar-refractivity contribution is 5.50. The Balaban J connectivity index is 2.04. The van der Waals surface area contributed by atoms with E-state index in [1.54, 1.807) is 0 Å². The van der Waals surface area contributed by atoms with Gasteiger partial charge in [0.2, 0.25) is 0 Å². The monoisotopic (exact) mass is 205 g/mol. The molecule has 0 N–H and O–H groups in total. The average Bonchev–Trinajstić information content (AvgIpc) is 2.30. The molecule has 0 amide bonds. The van der Waals surface area contributed by atoms with Gasteiger partial charge in [0.05, 0.1) is 11.4 Å². The minimum atomic E-state index is 1.13. The average molecular weight is 205 g/mol. The largest absolute Gasteiger partial charge is 0.368 e. The van der Waals surface area contributed by atoms with Crippen molar-refractivity contribution in [2.75, 3.05) is 37.6 Å². The molecule has 0 aliphatic carbocycles. The summed E-state index contributed by atoms with van der Waals surface area (Å²) in [4.78, 5) is 9.27. The molecule has 1 aromatic rings. The Kier molecular flexibility index (Phi) is 3.21. The lowest BCUT2D eigenvalue weighted by Gasteiger charge is -2.35. The van der Waals surface area contributed by atoms with Gasteiger partial charge in [0.15, 0.2) is 0 Å². The van der Waals surface area contributed by atoms with Gasteiger partial charge in [0.25, 0.3) is 0 Å². The lowest BCUT2D eigenvalue weighted by atomic mass is 10.2. The maximum atomic E-state index is 4.34. The van der Waals surface area contributed by atoms with E-state index in [0.717, 1.165) is 18.8 Å². The molecule has 2 rings (SSSR count). The molecule has 15 heavy (non-hydrogen) atoms. The van der Waals surface area contributed by atoms with Gasteiger partial charge in [0, 0.05) is 32.4 Å². The van der Waals surface area contributed by atoms with E-state index in [9.17, 15) is 0 Å². The molecule has 1 aliphatic heterocycles. The maximum Gasteiger partial charge on any atom is 0.0605 e. The lowest BCUT2D eigenvalue weighted by molar-refractivity contribution is 0.271. The minimum Gasteiger partial charge on any atom is -0.368 e. The van der Waals surface area contributed by atoms with Crippen LogP contribution in [0.5, 0.6) is 0 Å². The van der Waals surface area contributed by atoms with Gasteiger partial charge < -0.3 is 9.80 Å². The fraction of sp³-hybridized carbons (Fsp3) is 0.583. The van der Waals surface area contributed by atoms with E-state index in [1.807, 2.05) is 12.3 Å². The van der Waals surface area contributed by atoms with Gasteiger partial charge in [-0.05, 0) is 25.6 Å². The van der Waals surface area contributed by atoms with Gasteiger partial charge in [-0.25, -0.2) is 0 Å². The van der Waals surface area contributed by atoms with Gasteiger partial charge in [-0.1, -0.05) is 6.92 Å². The standard InChI is InChI=1S/C12H19N3/c1-3-14-7-9-15(10-8-14)12-5-4-6-13-11(12)2/h4-6H,3,7-10H2,1-2H3. The SMILES string of the molecule is CCN1CCN(c2cccnc2C)CC1. The molecule has 82 valence electrons.